The first kappa shape index (κ1) is 16.4. The predicted octanol–water partition coefficient (Wildman–Crippen LogP) is 6.24. The molecule has 0 unspecified atom stereocenters. The first-order chi connectivity index (χ1) is 10.8. The van der Waals surface area contributed by atoms with Gasteiger partial charge < -0.3 is 4.74 Å². The van der Waals surface area contributed by atoms with E-state index in [1.54, 1.807) is 6.07 Å². The van der Waals surface area contributed by atoms with Gasteiger partial charge >= 0.3 is 0 Å². The molecule has 2 aromatic carbocycles. The van der Waals surface area contributed by atoms with Crippen LogP contribution in [0.5, 0.6) is 11.5 Å². The SMILES string of the molecule is CCCCCCCCOc1ccc(-c2ccccc2)c([O])c1. The second-order valence-corrected chi connectivity index (χ2v) is 5.64. The van der Waals surface area contributed by atoms with Gasteiger partial charge in [-0.3, -0.25) is 5.11 Å². The van der Waals surface area contributed by atoms with E-state index in [-0.39, 0.29) is 5.75 Å². The fourth-order valence-electron chi connectivity index (χ4n) is 2.52. The summed E-state index contributed by atoms with van der Waals surface area (Å²) in [5, 5.41) is 12.2. The topological polar surface area (TPSA) is 29.1 Å². The van der Waals surface area contributed by atoms with Gasteiger partial charge in [-0.15, -0.1) is 0 Å². The van der Waals surface area contributed by atoms with Gasteiger partial charge in [0, 0.05) is 11.6 Å². The molecule has 0 N–H and O–H groups in total. The van der Waals surface area contributed by atoms with Crippen molar-refractivity contribution in [2.24, 2.45) is 0 Å². The van der Waals surface area contributed by atoms with E-state index in [0.717, 1.165) is 17.5 Å². The van der Waals surface area contributed by atoms with Crippen molar-refractivity contribution < 1.29 is 9.84 Å². The lowest BCUT2D eigenvalue weighted by atomic mass is 10.0. The Hall–Kier alpha value is -1.96. The highest BCUT2D eigenvalue weighted by Gasteiger charge is 2.07. The molecule has 117 valence electrons. The minimum atomic E-state index is 0.0200. The van der Waals surface area contributed by atoms with E-state index in [1.165, 1.54) is 32.1 Å². The second-order valence-electron chi connectivity index (χ2n) is 5.64. The molecule has 0 fully saturated rings. The average Bonchev–Trinajstić information content (AvgIpc) is 2.55. The smallest absolute Gasteiger partial charge is 0.190 e. The van der Waals surface area contributed by atoms with E-state index in [1.807, 2.05) is 42.5 Å². The van der Waals surface area contributed by atoms with Crippen molar-refractivity contribution in [1.82, 2.24) is 0 Å². The van der Waals surface area contributed by atoms with Crippen LogP contribution in [0.2, 0.25) is 0 Å². The zero-order valence-corrected chi connectivity index (χ0v) is 13.4. The maximum Gasteiger partial charge on any atom is 0.190 e. The highest BCUT2D eigenvalue weighted by Crippen LogP contribution is 2.32. The number of unbranched alkanes of at least 4 members (excludes halogenated alkanes) is 5. The maximum absolute atomic E-state index is 12.2. The van der Waals surface area contributed by atoms with Crippen molar-refractivity contribution in [3.8, 4) is 22.6 Å². The summed E-state index contributed by atoms with van der Waals surface area (Å²) in [5.41, 5.74) is 1.68. The monoisotopic (exact) mass is 297 g/mol. The third-order valence-corrected chi connectivity index (χ3v) is 3.80. The normalized spacial score (nSPS) is 10.6. The molecule has 0 atom stereocenters. The Labute approximate surface area is 133 Å². The Morgan fingerprint density at radius 1 is 0.864 bits per heavy atom. The Morgan fingerprint density at radius 3 is 2.32 bits per heavy atom. The highest BCUT2D eigenvalue weighted by atomic mass is 16.5. The third-order valence-electron chi connectivity index (χ3n) is 3.80. The van der Waals surface area contributed by atoms with Crippen LogP contribution in [-0.4, -0.2) is 6.61 Å². The van der Waals surface area contributed by atoms with E-state index in [9.17, 15) is 5.11 Å². The van der Waals surface area contributed by atoms with E-state index in [2.05, 4.69) is 6.92 Å². The van der Waals surface area contributed by atoms with Crippen LogP contribution in [0.25, 0.3) is 11.1 Å². The zero-order valence-electron chi connectivity index (χ0n) is 13.4. The Morgan fingerprint density at radius 2 is 1.59 bits per heavy atom. The summed E-state index contributed by atoms with van der Waals surface area (Å²) in [7, 11) is 0. The molecule has 1 radical (unpaired) electrons. The van der Waals surface area contributed by atoms with E-state index < -0.39 is 0 Å². The van der Waals surface area contributed by atoms with Gasteiger partial charge in [0.05, 0.1) is 6.61 Å². The van der Waals surface area contributed by atoms with Gasteiger partial charge in [-0.25, -0.2) is 0 Å². The van der Waals surface area contributed by atoms with E-state index in [0.29, 0.717) is 12.4 Å². The van der Waals surface area contributed by atoms with Gasteiger partial charge in [-0.2, -0.15) is 0 Å². The van der Waals surface area contributed by atoms with Crippen molar-refractivity contribution in [3.05, 3.63) is 48.5 Å². The van der Waals surface area contributed by atoms with Gasteiger partial charge in [0.1, 0.15) is 5.75 Å². The highest BCUT2D eigenvalue weighted by molar-refractivity contribution is 5.70. The largest absolute Gasteiger partial charge is 0.493 e. The van der Waals surface area contributed by atoms with Crippen LogP contribution in [0.3, 0.4) is 0 Å². The fraction of sp³-hybridized carbons (Fsp3) is 0.400. The molecular weight excluding hydrogens is 272 g/mol. The first-order valence-electron chi connectivity index (χ1n) is 8.30. The summed E-state index contributed by atoms with van der Waals surface area (Å²) < 4.78 is 5.68. The summed E-state index contributed by atoms with van der Waals surface area (Å²) in [6.45, 7) is 2.92. The summed E-state index contributed by atoms with van der Waals surface area (Å²) in [4.78, 5) is 0. The van der Waals surface area contributed by atoms with Crippen LogP contribution in [0.15, 0.2) is 48.5 Å². The molecule has 0 aliphatic carbocycles. The molecule has 0 saturated heterocycles. The summed E-state index contributed by atoms with van der Waals surface area (Å²) in [6.07, 6.45) is 7.44. The van der Waals surface area contributed by atoms with E-state index >= 15 is 0 Å². The van der Waals surface area contributed by atoms with Crippen LogP contribution < -0.4 is 4.74 Å². The fourth-order valence-corrected chi connectivity index (χ4v) is 2.52. The van der Waals surface area contributed by atoms with E-state index in [4.69, 9.17) is 4.74 Å². The van der Waals surface area contributed by atoms with Crippen LogP contribution in [0.1, 0.15) is 45.4 Å². The number of hydrogen-bond donors (Lipinski definition) is 0. The quantitative estimate of drug-likeness (QED) is 0.504. The first-order valence-corrected chi connectivity index (χ1v) is 8.30. The molecule has 0 bridgehead atoms. The Bertz CT molecular complexity index is 549. The van der Waals surface area contributed by atoms with Gasteiger partial charge in [0.2, 0.25) is 0 Å². The lowest BCUT2D eigenvalue weighted by Gasteiger charge is -2.08. The van der Waals surface area contributed by atoms with Crippen molar-refractivity contribution in [1.29, 1.82) is 0 Å². The van der Waals surface area contributed by atoms with Crippen LogP contribution in [0.4, 0.5) is 0 Å². The molecule has 2 rings (SSSR count). The lowest BCUT2D eigenvalue weighted by molar-refractivity contribution is 0.299. The summed E-state index contributed by atoms with van der Waals surface area (Å²) in [5.74, 6) is 0.699. The second kappa shape index (κ2) is 9.14. The van der Waals surface area contributed by atoms with Gasteiger partial charge in [-0.1, -0.05) is 69.4 Å². The Balaban J connectivity index is 1.80. The van der Waals surface area contributed by atoms with Crippen molar-refractivity contribution in [2.75, 3.05) is 6.61 Å². The molecule has 22 heavy (non-hydrogen) atoms. The zero-order chi connectivity index (χ0) is 15.6. The summed E-state index contributed by atoms with van der Waals surface area (Å²) in [6, 6.07) is 15.1. The number of ether oxygens (including phenoxy) is 1. The molecule has 0 heterocycles. The lowest BCUT2D eigenvalue weighted by Crippen LogP contribution is -1.97. The number of hydrogen-bond acceptors (Lipinski definition) is 1. The van der Waals surface area contributed by atoms with Gasteiger partial charge in [0.15, 0.2) is 5.75 Å². The molecule has 2 aromatic rings. The maximum atomic E-state index is 12.2. The van der Waals surface area contributed by atoms with Gasteiger partial charge in [-0.05, 0) is 24.1 Å². The van der Waals surface area contributed by atoms with Crippen LogP contribution >= 0.6 is 0 Å². The number of rotatable bonds is 9. The molecular formula is C20H25O2. The molecule has 0 aliphatic heterocycles. The van der Waals surface area contributed by atoms with Crippen molar-refractivity contribution in [2.45, 2.75) is 45.4 Å². The average molecular weight is 297 g/mol. The third kappa shape index (κ3) is 5.10. The van der Waals surface area contributed by atoms with Crippen molar-refractivity contribution in [3.63, 3.8) is 0 Å². The molecule has 2 nitrogen and oxygen atoms in total. The van der Waals surface area contributed by atoms with Gasteiger partial charge in [0.25, 0.3) is 0 Å². The van der Waals surface area contributed by atoms with Crippen molar-refractivity contribution >= 4 is 0 Å². The molecule has 2 heteroatoms. The predicted molar refractivity (Wildman–Crippen MR) is 90.9 cm³/mol. The minimum absolute atomic E-state index is 0.0200. The molecule has 0 spiro atoms. The van der Waals surface area contributed by atoms with Crippen LogP contribution in [-0.2, 0) is 5.11 Å². The van der Waals surface area contributed by atoms with Crippen LogP contribution in [0, 0.1) is 0 Å². The standard InChI is InChI=1S/C20H25O2/c1-2-3-4-5-6-10-15-22-18-13-14-19(20(21)16-18)17-11-8-7-9-12-17/h7-9,11-14,16H,2-6,10,15H2,1H3. The minimum Gasteiger partial charge on any atom is -0.493 e. The molecule has 0 saturated carbocycles. The number of benzene rings is 2. The molecule has 0 aliphatic rings. The molecule has 0 amide bonds. The Kier molecular flexibility index (Phi) is 6.82. The summed E-state index contributed by atoms with van der Waals surface area (Å²) >= 11 is 0. The molecule has 0 aromatic heterocycles.